The van der Waals surface area contributed by atoms with Gasteiger partial charge in [0.25, 0.3) is 0 Å². The van der Waals surface area contributed by atoms with Crippen LogP contribution in [0.1, 0.15) is 19.8 Å². The number of aliphatic hydroxyl groups excluding tert-OH is 1. The van der Waals surface area contributed by atoms with E-state index in [1.807, 2.05) is 6.08 Å². The molecule has 1 atom stereocenters. The molecule has 0 aromatic rings. The number of hydrogen-bond donors (Lipinski definition) is 1. The summed E-state index contributed by atoms with van der Waals surface area (Å²) in [5, 5.41) is 9.77. The lowest BCUT2D eigenvalue weighted by Gasteiger charge is -2.07. The summed E-state index contributed by atoms with van der Waals surface area (Å²) in [7, 11) is 0. The average molecular weight is 253 g/mol. The lowest BCUT2D eigenvalue weighted by Crippen LogP contribution is -2.02. The van der Waals surface area contributed by atoms with Crippen molar-refractivity contribution in [1.82, 2.24) is 0 Å². The first-order chi connectivity index (χ1) is 6.68. The monoisotopic (exact) mass is 252 g/mol. The minimum absolute atomic E-state index is 0.284. The topological polar surface area (TPSA) is 20.2 Å². The lowest BCUT2D eigenvalue weighted by molar-refractivity contribution is 0.215. The molecule has 0 aromatic heterocycles. The molecule has 0 spiro atoms. The molecule has 1 nitrogen and oxygen atoms in total. The molecular formula is C12H13BrO. The summed E-state index contributed by atoms with van der Waals surface area (Å²) in [5.41, 5.74) is 3.52. The molecule has 1 N–H and O–H groups in total. The molecule has 1 unspecified atom stereocenters. The smallest absolute Gasteiger partial charge is 0.0796 e. The summed E-state index contributed by atoms with van der Waals surface area (Å²) < 4.78 is 1.10. The fourth-order valence-corrected chi connectivity index (χ4v) is 2.39. The van der Waals surface area contributed by atoms with Crippen molar-refractivity contribution >= 4 is 15.9 Å². The molecule has 0 bridgehead atoms. The minimum Gasteiger partial charge on any atom is -0.388 e. The average Bonchev–Trinajstić information content (AvgIpc) is 2.51. The Morgan fingerprint density at radius 2 is 2.14 bits per heavy atom. The molecule has 74 valence electrons. The van der Waals surface area contributed by atoms with Gasteiger partial charge in [-0.3, -0.25) is 0 Å². The Kier molecular flexibility index (Phi) is 2.75. The summed E-state index contributed by atoms with van der Waals surface area (Å²) in [5.74, 6) is 0. The zero-order chi connectivity index (χ0) is 10.1. The molecular weight excluding hydrogens is 240 g/mol. The van der Waals surface area contributed by atoms with Crippen LogP contribution in [0.15, 0.2) is 45.5 Å². The quantitative estimate of drug-likeness (QED) is 0.702. The predicted molar refractivity (Wildman–Crippen MR) is 62.2 cm³/mol. The molecule has 0 saturated carbocycles. The van der Waals surface area contributed by atoms with Crippen LogP contribution < -0.4 is 0 Å². The van der Waals surface area contributed by atoms with Crippen LogP contribution in [0.2, 0.25) is 0 Å². The molecule has 0 aromatic carbocycles. The second-order valence-corrected chi connectivity index (χ2v) is 4.60. The van der Waals surface area contributed by atoms with E-state index in [4.69, 9.17) is 0 Å². The van der Waals surface area contributed by atoms with Gasteiger partial charge in [-0.25, -0.2) is 0 Å². The van der Waals surface area contributed by atoms with Gasteiger partial charge in [0.05, 0.1) is 6.10 Å². The summed E-state index contributed by atoms with van der Waals surface area (Å²) in [6.07, 6.45) is 9.75. The van der Waals surface area contributed by atoms with Crippen molar-refractivity contribution in [1.29, 1.82) is 0 Å². The van der Waals surface area contributed by atoms with Gasteiger partial charge in [0.1, 0.15) is 0 Å². The first-order valence-electron chi connectivity index (χ1n) is 4.82. The summed E-state index contributed by atoms with van der Waals surface area (Å²) in [6.45, 7) is 2.06. The van der Waals surface area contributed by atoms with Crippen LogP contribution in [0, 0.1) is 0 Å². The van der Waals surface area contributed by atoms with Crippen molar-refractivity contribution in [3.63, 3.8) is 0 Å². The van der Waals surface area contributed by atoms with Gasteiger partial charge in [0, 0.05) is 4.48 Å². The summed E-state index contributed by atoms with van der Waals surface area (Å²) in [6, 6.07) is 0. The van der Waals surface area contributed by atoms with E-state index in [0.29, 0.717) is 0 Å². The fraction of sp³-hybridized carbons (Fsp3) is 0.333. The van der Waals surface area contributed by atoms with Crippen LogP contribution in [0.3, 0.4) is 0 Å². The first-order valence-corrected chi connectivity index (χ1v) is 5.61. The van der Waals surface area contributed by atoms with Crippen LogP contribution in [-0.2, 0) is 0 Å². The van der Waals surface area contributed by atoms with E-state index in [2.05, 4.69) is 41.1 Å². The van der Waals surface area contributed by atoms with E-state index in [0.717, 1.165) is 22.9 Å². The van der Waals surface area contributed by atoms with Gasteiger partial charge < -0.3 is 5.11 Å². The van der Waals surface area contributed by atoms with Gasteiger partial charge >= 0.3 is 0 Å². The number of aliphatic hydroxyl groups is 1. The Morgan fingerprint density at radius 3 is 2.93 bits per heavy atom. The molecule has 2 heteroatoms. The second-order valence-electron chi connectivity index (χ2n) is 3.75. The third-order valence-corrected chi connectivity index (χ3v) is 3.42. The van der Waals surface area contributed by atoms with Crippen LogP contribution >= 0.6 is 15.9 Å². The zero-order valence-corrected chi connectivity index (χ0v) is 9.71. The van der Waals surface area contributed by atoms with E-state index < -0.39 is 0 Å². The highest BCUT2D eigenvalue weighted by molar-refractivity contribution is 9.12. The number of rotatable bonds is 0. The molecule has 0 radical (unpaired) electrons. The molecule has 0 amide bonds. The van der Waals surface area contributed by atoms with Gasteiger partial charge in [-0.1, -0.05) is 39.7 Å². The highest BCUT2D eigenvalue weighted by atomic mass is 79.9. The third-order valence-electron chi connectivity index (χ3n) is 2.68. The standard InChI is InChI=1S/C12H13BrO/c1-8-2-4-10-9(5-7-12(10)14)11(13)6-3-8/h2-4,6,12,14H,5,7H2,1H3/b4-2?,6-3?,8-2?,8-3?,10-4?,11-6+,11-9?. The van der Waals surface area contributed by atoms with Crippen LogP contribution in [0.25, 0.3) is 0 Å². The van der Waals surface area contributed by atoms with Gasteiger partial charge in [0.15, 0.2) is 0 Å². The van der Waals surface area contributed by atoms with E-state index in [-0.39, 0.29) is 6.10 Å². The Hall–Kier alpha value is -0.600. The van der Waals surface area contributed by atoms with Crippen molar-refractivity contribution in [2.24, 2.45) is 0 Å². The maximum absolute atomic E-state index is 9.77. The molecule has 2 aliphatic carbocycles. The number of halogens is 1. The van der Waals surface area contributed by atoms with E-state index in [9.17, 15) is 5.11 Å². The molecule has 0 fully saturated rings. The van der Waals surface area contributed by atoms with Crippen molar-refractivity contribution in [2.75, 3.05) is 0 Å². The Bertz CT molecular complexity index is 372. The summed E-state index contributed by atoms with van der Waals surface area (Å²) in [4.78, 5) is 0. The largest absolute Gasteiger partial charge is 0.388 e. The van der Waals surface area contributed by atoms with Crippen LogP contribution in [0.5, 0.6) is 0 Å². The van der Waals surface area contributed by atoms with Crippen molar-refractivity contribution in [3.05, 3.63) is 45.5 Å². The van der Waals surface area contributed by atoms with E-state index >= 15 is 0 Å². The fourth-order valence-electron chi connectivity index (χ4n) is 1.83. The summed E-state index contributed by atoms with van der Waals surface area (Å²) >= 11 is 3.55. The molecule has 0 aliphatic heterocycles. The Balaban J connectivity index is 2.45. The van der Waals surface area contributed by atoms with E-state index in [1.165, 1.54) is 11.1 Å². The van der Waals surface area contributed by atoms with E-state index in [1.54, 1.807) is 0 Å². The molecule has 14 heavy (non-hydrogen) atoms. The first kappa shape index (κ1) is 9.94. The normalized spacial score (nSPS) is 30.4. The number of allylic oxidation sites excluding steroid dienone is 6. The minimum atomic E-state index is -0.284. The maximum Gasteiger partial charge on any atom is 0.0796 e. The lowest BCUT2D eigenvalue weighted by atomic mass is 10.1. The third kappa shape index (κ3) is 1.77. The SMILES string of the molecule is CC1=C/C=C(/Br)C2=C(C=C1)C(O)CC2. The molecule has 2 aliphatic rings. The Morgan fingerprint density at radius 1 is 1.36 bits per heavy atom. The number of hydrogen-bond acceptors (Lipinski definition) is 1. The van der Waals surface area contributed by atoms with Gasteiger partial charge in [0.2, 0.25) is 0 Å². The highest BCUT2D eigenvalue weighted by Crippen LogP contribution is 2.36. The molecule has 0 heterocycles. The van der Waals surface area contributed by atoms with Crippen LogP contribution in [0.4, 0.5) is 0 Å². The van der Waals surface area contributed by atoms with Gasteiger partial charge in [-0.05, 0) is 37.0 Å². The van der Waals surface area contributed by atoms with Crippen molar-refractivity contribution in [2.45, 2.75) is 25.9 Å². The van der Waals surface area contributed by atoms with Crippen LogP contribution in [-0.4, -0.2) is 11.2 Å². The van der Waals surface area contributed by atoms with Crippen molar-refractivity contribution in [3.8, 4) is 0 Å². The Labute approximate surface area is 92.6 Å². The maximum atomic E-state index is 9.77. The van der Waals surface area contributed by atoms with Gasteiger partial charge in [-0.15, -0.1) is 0 Å². The highest BCUT2D eigenvalue weighted by Gasteiger charge is 2.23. The molecule has 0 saturated heterocycles. The van der Waals surface area contributed by atoms with Crippen molar-refractivity contribution < 1.29 is 5.11 Å². The van der Waals surface area contributed by atoms with Gasteiger partial charge in [-0.2, -0.15) is 0 Å². The molecule has 2 rings (SSSR count). The zero-order valence-electron chi connectivity index (χ0n) is 8.13. The predicted octanol–water partition coefficient (Wildman–Crippen LogP) is 3.23. The second kappa shape index (κ2) is 3.87.